The number of rotatable bonds is 3. The molecule has 4 heteroatoms. The fraction of sp³-hybridized carbons (Fsp3) is 0.312. The number of fused-ring (bicyclic) bond motifs is 1. The van der Waals surface area contributed by atoms with Crippen LogP contribution in [0.15, 0.2) is 41.4 Å². The number of alkyl halides is 1. The number of aliphatic imine (C=N–C) groups is 1. The van der Waals surface area contributed by atoms with E-state index in [2.05, 4.69) is 52.3 Å². The van der Waals surface area contributed by atoms with E-state index in [1.54, 1.807) is 0 Å². The van der Waals surface area contributed by atoms with Crippen molar-refractivity contribution in [1.29, 1.82) is 0 Å². The molecule has 3 nitrogen and oxygen atoms in total. The minimum Gasteiger partial charge on any atom is -0.281 e. The quantitative estimate of drug-likeness (QED) is 0.674. The summed E-state index contributed by atoms with van der Waals surface area (Å²) in [5.41, 5.74) is 7.94. The lowest BCUT2D eigenvalue weighted by molar-refractivity contribution is 0.768. The molecule has 104 valence electrons. The first-order valence-corrected chi connectivity index (χ1v) is 7.35. The first-order chi connectivity index (χ1) is 9.69. The van der Waals surface area contributed by atoms with Crippen molar-refractivity contribution in [2.45, 2.75) is 32.2 Å². The van der Waals surface area contributed by atoms with Crippen LogP contribution < -0.4 is 5.43 Å². The summed E-state index contributed by atoms with van der Waals surface area (Å²) in [7, 11) is 0. The second kappa shape index (κ2) is 5.33. The predicted molar refractivity (Wildman–Crippen MR) is 84.1 cm³/mol. The lowest BCUT2D eigenvalue weighted by Gasteiger charge is -2.22. The van der Waals surface area contributed by atoms with E-state index in [4.69, 9.17) is 11.6 Å². The van der Waals surface area contributed by atoms with Crippen LogP contribution in [0.3, 0.4) is 0 Å². The van der Waals surface area contributed by atoms with Gasteiger partial charge in [-0.2, -0.15) is 0 Å². The molecule has 2 aromatic rings. The highest BCUT2D eigenvalue weighted by molar-refractivity contribution is 6.21. The Kier molecular flexibility index (Phi) is 3.53. The standard InChI is InChI=1S/C16H18ClN3/c1-3-13-10-15-16(17)18-11(2)19-20(15)14(13)9-12-7-5-4-6-8-12/h4-8,10,16H,3,9H2,1-2H3,(H,18,19). The summed E-state index contributed by atoms with van der Waals surface area (Å²) in [5.74, 6) is 0.852. The van der Waals surface area contributed by atoms with Crippen LogP contribution in [-0.4, -0.2) is 10.5 Å². The molecule has 0 bridgehead atoms. The summed E-state index contributed by atoms with van der Waals surface area (Å²) in [4.78, 5) is 4.37. The molecule has 1 aromatic carbocycles. The third-order valence-electron chi connectivity index (χ3n) is 3.64. The molecule has 1 aliphatic rings. The van der Waals surface area contributed by atoms with Gasteiger partial charge >= 0.3 is 0 Å². The first kappa shape index (κ1) is 13.3. The summed E-state index contributed by atoms with van der Waals surface area (Å²) in [6, 6.07) is 12.7. The average molecular weight is 288 g/mol. The Morgan fingerprint density at radius 3 is 2.75 bits per heavy atom. The van der Waals surface area contributed by atoms with Crippen molar-refractivity contribution in [3.63, 3.8) is 0 Å². The molecule has 20 heavy (non-hydrogen) atoms. The van der Waals surface area contributed by atoms with E-state index in [0.717, 1.165) is 24.4 Å². The molecular formula is C16H18ClN3. The zero-order valence-electron chi connectivity index (χ0n) is 11.7. The summed E-state index contributed by atoms with van der Waals surface area (Å²) in [6.45, 7) is 4.11. The largest absolute Gasteiger partial charge is 0.281 e. The Morgan fingerprint density at radius 2 is 2.05 bits per heavy atom. The predicted octanol–water partition coefficient (Wildman–Crippen LogP) is 3.85. The second-order valence-corrected chi connectivity index (χ2v) is 5.47. The number of hydrogen-bond acceptors (Lipinski definition) is 2. The van der Waals surface area contributed by atoms with Gasteiger partial charge in [-0.05, 0) is 30.5 Å². The molecule has 1 N–H and O–H groups in total. The van der Waals surface area contributed by atoms with E-state index < -0.39 is 0 Å². The van der Waals surface area contributed by atoms with Gasteiger partial charge in [0.25, 0.3) is 0 Å². The molecule has 0 aliphatic carbocycles. The summed E-state index contributed by atoms with van der Waals surface area (Å²) < 4.78 is 2.10. The Bertz CT molecular complexity index is 643. The van der Waals surface area contributed by atoms with Crippen LogP contribution in [0.5, 0.6) is 0 Å². The number of benzene rings is 1. The number of nitrogens with one attached hydrogen (secondary N) is 1. The number of halogens is 1. The van der Waals surface area contributed by atoms with E-state index in [9.17, 15) is 0 Å². The number of nitrogens with zero attached hydrogens (tertiary/aromatic N) is 2. The maximum Gasteiger partial charge on any atom is 0.167 e. The molecule has 1 aliphatic heterocycles. The maximum atomic E-state index is 6.34. The van der Waals surface area contributed by atoms with Gasteiger partial charge in [-0.25, -0.2) is 4.99 Å². The molecule has 0 saturated carbocycles. The van der Waals surface area contributed by atoms with Crippen LogP contribution >= 0.6 is 11.6 Å². The zero-order valence-corrected chi connectivity index (χ0v) is 12.5. The minimum absolute atomic E-state index is 0.300. The van der Waals surface area contributed by atoms with Crippen LogP contribution in [0, 0.1) is 0 Å². The van der Waals surface area contributed by atoms with Gasteiger partial charge in [0.1, 0.15) is 5.84 Å². The Labute approximate surface area is 124 Å². The van der Waals surface area contributed by atoms with Crippen LogP contribution in [0.1, 0.15) is 41.9 Å². The van der Waals surface area contributed by atoms with Gasteiger partial charge in [0.2, 0.25) is 0 Å². The third-order valence-corrected chi connectivity index (χ3v) is 3.96. The van der Waals surface area contributed by atoms with Gasteiger partial charge in [0.15, 0.2) is 5.50 Å². The Balaban J connectivity index is 2.03. The van der Waals surface area contributed by atoms with E-state index >= 15 is 0 Å². The molecule has 1 atom stereocenters. The lowest BCUT2D eigenvalue weighted by atomic mass is 10.1. The summed E-state index contributed by atoms with van der Waals surface area (Å²) in [6.07, 6.45) is 1.89. The average Bonchev–Trinajstić information content (AvgIpc) is 2.78. The highest BCUT2D eigenvalue weighted by Crippen LogP contribution is 2.30. The minimum atomic E-state index is -0.300. The molecule has 0 saturated heterocycles. The third kappa shape index (κ3) is 2.34. The fourth-order valence-corrected chi connectivity index (χ4v) is 2.95. The Hall–Kier alpha value is -1.74. The van der Waals surface area contributed by atoms with Crippen molar-refractivity contribution in [3.05, 3.63) is 58.9 Å². The van der Waals surface area contributed by atoms with Crippen LogP contribution in [0.25, 0.3) is 0 Å². The molecule has 0 spiro atoms. The lowest BCUT2D eigenvalue weighted by Crippen LogP contribution is -2.28. The van der Waals surface area contributed by atoms with Crippen LogP contribution in [0.4, 0.5) is 0 Å². The van der Waals surface area contributed by atoms with Gasteiger partial charge < -0.3 is 0 Å². The van der Waals surface area contributed by atoms with Crippen molar-refractivity contribution in [2.24, 2.45) is 4.99 Å². The number of amidine groups is 1. The number of hydrogen-bond donors (Lipinski definition) is 1. The second-order valence-electron chi connectivity index (χ2n) is 5.05. The van der Waals surface area contributed by atoms with Crippen molar-refractivity contribution >= 4 is 17.4 Å². The number of aromatic nitrogens is 1. The highest BCUT2D eigenvalue weighted by Gasteiger charge is 2.23. The van der Waals surface area contributed by atoms with Crippen molar-refractivity contribution in [3.8, 4) is 0 Å². The van der Waals surface area contributed by atoms with Crippen molar-refractivity contribution < 1.29 is 0 Å². The van der Waals surface area contributed by atoms with Crippen LogP contribution in [-0.2, 0) is 12.8 Å². The van der Waals surface area contributed by atoms with Gasteiger partial charge in [0, 0.05) is 12.1 Å². The van der Waals surface area contributed by atoms with E-state index in [-0.39, 0.29) is 5.50 Å². The number of aryl methyl sites for hydroxylation is 1. The molecular weight excluding hydrogens is 270 g/mol. The maximum absolute atomic E-state index is 6.34. The zero-order chi connectivity index (χ0) is 14.1. The normalized spacial score (nSPS) is 17.4. The van der Waals surface area contributed by atoms with Gasteiger partial charge in [0.05, 0.1) is 5.69 Å². The van der Waals surface area contributed by atoms with Gasteiger partial charge in [-0.3, -0.25) is 10.1 Å². The first-order valence-electron chi connectivity index (χ1n) is 6.92. The monoisotopic (exact) mass is 287 g/mol. The Morgan fingerprint density at radius 1 is 1.30 bits per heavy atom. The molecule has 3 rings (SSSR count). The van der Waals surface area contributed by atoms with E-state index in [0.29, 0.717) is 0 Å². The molecule has 0 amide bonds. The summed E-state index contributed by atoms with van der Waals surface area (Å²) in [5, 5.41) is 0. The van der Waals surface area contributed by atoms with Crippen molar-refractivity contribution in [1.82, 2.24) is 4.68 Å². The van der Waals surface area contributed by atoms with Crippen molar-refractivity contribution in [2.75, 3.05) is 5.43 Å². The van der Waals surface area contributed by atoms with E-state index in [1.807, 2.05) is 13.0 Å². The molecule has 0 radical (unpaired) electrons. The highest BCUT2D eigenvalue weighted by atomic mass is 35.5. The van der Waals surface area contributed by atoms with E-state index in [1.165, 1.54) is 16.8 Å². The van der Waals surface area contributed by atoms with Gasteiger partial charge in [-0.15, -0.1) is 0 Å². The smallest absolute Gasteiger partial charge is 0.167 e. The van der Waals surface area contributed by atoms with Gasteiger partial charge in [-0.1, -0.05) is 48.9 Å². The molecule has 0 fully saturated rings. The summed E-state index contributed by atoms with van der Waals surface area (Å²) >= 11 is 6.34. The molecule has 1 aromatic heterocycles. The topological polar surface area (TPSA) is 29.3 Å². The SMILES string of the molecule is CCc1cc2n(c1Cc1ccccc1)NC(C)=NC2Cl. The fourth-order valence-electron chi connectivity index (χ4n) is 2.65. The molecule has 1 unspecified atom stereocenters. The van der Waals surface area contributed by atoms with Crippen LogP contribution in [0.2, 0.25) is 0 Å². The molecule has 2 heterocycles.